The number of carbonyl (C=O) groups excluding carboxylic acids is 1. The van der Waals surface area contributed by atoms with Crippen molar-refractivity contribution < 1.29 is 9.90 Å². The van der Waals surface area contributed by atoms with Gasteiger partial charge in [-0.15, -0.1) is 0 Å². The molecule has 1 fully saturated rings. The third-order valence-corrected chi connectivity index (χ3v) is 3.75. The minimum atomic E-state index is 0.0664. The van der Waals surface area contributed by atoms with E-state index >= 15 is 0 Å². The zero-order valence-electron chi connectivity index (χ0n) is 12.0. The van der Waals surface area contributed by atoms with Crippen LogP contribution in [0.15, 0.2) is 0 Å². The Hall–Kier alpha value is -0.610. The molecule has 1 saturated heterocycles. The molecule has 1 aliphatic rings. The summed E-state index contributed by atoms with van der Waals surface area (Å²) >= 11 is 0. The van der Waals surface area contributed by atoms with E-state index in [0.29, 0.717) is 12.6 Å². The first kappa shape index (κ1) is 15.4. The van der Waals surface area contributed by atoms with Crippen molar-refractivity contribution >= 4 is 5.91 Å². The molecule has 0 radical (unpaired) electrons. The van der Waals surface area contributed by atoms with Crippen molar-refractivity contribution in [3.63, 3.8) is 0 Å². The van der Waals surface area contributed by atoms with Crippen LogP contribution in [0.25, 0.3) is 0 Å². The van der Waals surface area contributed by atoms with Crippen LogP contribution in [0.1, 0.15) is 46.5 Å². The molecule has 1 rings (SSSR count). The highest BCUT2D eigenvalue weighted by Crippen LogP contribution is 2.22. The van der Waals surface area contributed by atoms with Crippen LogP contribution in [-0.4, -0.2) is 36.8 Å². The van der Waals surface area contributed by atoms with Crippen molar-refractivity contribution in [3.05, 3.63) is 0 Å². The summed E-state index contributed by atoms with van der Waals surface area (Å²) in [4.78, 5) is 12.1. The molecule has 1 aliphatic heterocycles. The largest absolute Gasteiger partial charge is 0.396 e. The first-order valence-corrected chi connectivity index (χ1v) is 7.06. The second-order valence-corrected chi connectivity index (χ2v) is 6.29. The third-order valence-electron chi connectivity index (χ3n) is 3.75. The molecular formula is C14H28N2O2. The average molecular weight is 256 g/mol. The van der Waals surface area contributed by atoms with Gasteiger partial charge in [-0.1, -0.05) is 13.8 Å². The van der Waals surface area contributed by atoms with Gasteiger partial charge >= 0.3 is 0 Å². The van der Waals surface area contributed by atoms with Gasteiger partial charge in [0.25, 0.3) is 0 Å². The SMILES string of the molecule is C[C@H]1C[C@@H](C(=O)NCC(C)(C)CCCO)CCN1. The Morgan fingerprint density at radius 1 is 1.50 bits per heavy atom. The molecule has 3 N–H and O–H groups in total. The minimum Gasteiger partial charge on any atom is -0.396 e. The zero-order chi connectivity index (χ0) is 13.6. The summed E-state index contributed by atoms with van der Waals surface area (Å²) in [6.07, 6.45) is 3.61. The Kier molecular flexibility index (Phi) is 6.09. The van der Waals surface area contributed by atoms with Gasteiger partial charge < -0.3 is 15.7 Å². The molecular weight excluding hydrogens is 228 g/mol. The number of amides is 1. The summed E-state index contributed by atoms with van der Waals surface area (Å²) in [5, 5.41) is 15.3. The minimum absolute atomic E-state index is 0.0664. The number of hydrogen-bond donors (Lipinski definition) is 3. The summed E-state index contributed by atoms with van der Waals surface area (Å²) in [6.45, 7) is 8.26. The summed E-state index contributed by atoms with van der Waals surface area (Å²) < 4.78 is 0. The molecule has 4 nitrogen and oxygen atoms in total. The molecule has 106 valence electrons. The average Bonchev–Trinajstić information content (AvgIpc) is 2.34. The van der Waals surface area contributed by atoms with Gasteiger partial charge in [-0.05, 0) is 44.6 Å². The highest BCUT2D eigenvalue weighted by atomic mass is 16.2. The Morgan fingerprint density at radius 2 is 2.22 bits per heavy atom. The van der Waals surface area contributed by atoms with E-state index < -0.39 is 0 Å². The summed E-state index contributed by atoms with van der Waals surface area (Å²) in [7, 11) is 0. The number of rotatable bonds is 6. The van der Waals surface area contributed by atoms with Crippen LogP contribution in [0.3, 0.4) is 0 Å². The molecule has 0 aliphatic carbocycles. The van der Waals surface area contributed by atoms with Gasteiger partial charge in [0.1, 0.15) is 0 Å². The van der Waals surface area contributed by atoms with Crippen LogP contribution in [0.2, 0.25) is 0 Å². The monoisotopic (exact) mass is 256 g/mol. The van der Waals surface area contributed by atoms with Crippen LogP contribution in [0, 0.1) is 11.3 Å². The number of carbonyl (C=O) groups is 1. The zero-order valence-corrected chi connectivity index (χ0v) is 12.0. The van der Waals surface area contributed by atoms with E-state index in [1.54, 1.807) is 0 Å². The predicted octanol–water partition coefficient (Wildman–Crippen LogP) is 1.29. The Bertz CT molecular complexity index is 267. The molecule has 1 amide bonds. The normalized spacial score (nSPS) is 24.9. The van der Waals surface area contributed by atoms with Gasteiger partial charge in [-0.2, -0.15) is 0 Å². The maximum absolute atomic E-state index is 12.1. The Morgan fingerprint density at radius 3 is 2.83 bits per heavy atom. The lowest BCUT2D eigenvalue weighted by molar-refractivity contribution is -0.126. The number of hydrogen-bond acceptors (Lipinski definition) is 3. The summed E-state index contributed by atoms with van der Waals surface area (Å²) in [5.74, 6) is 0.357. The highest BCUT2D eigenvalue weighted by molar-refractivity contribution is 5.78. The molecule has 0 bridgehead atoms. The van der Waals surface area contributed by atoms with Gasteiger partial charge in [0.2, 0.25) is 5.91 Å². The molecule has 0 aromatic rings. The maximum atomic E-state index is 12.1. The lowest BCUT2D eigenvalue weighted by Gasteiger charge is -2.29. The number of piperidine rings is 1. The topological polar surface area (TPSA) is 61.4 Å². The molecule has 0 saturated carbocycles. The number of aliphatic hydroxyl groups is 1. The van der Waals surface area contributed by atoms with Crippen molar-refractivity contribution in [3.8, 4) is 0 Å². The molecule has 0 aromatic carbocycles. The molecule has 18 heavy (non-hydrogen) atoms. The fourth-order valence-corrected chi connectivity index (χ4v) is 2.49. The van der Waals surface area contributed by atoms with Gasteiger partial charge in [0.05, 0.1) is 0 Å². The fraction of sp³-hybridized carbons (Fsp3) is 0.929. The lowest BCUT2D eigenvalue weighted by atomic mass is 9.87. The van der Waals surface area contributed by atoms with E-state index in [1.165, 1.54) is 0 Å². The maximum Gasteiger partial charge on any atom is 0.223 e. The van der Waals surface area contributed by atoms with E-state index in [1.807, 2.05) is 0 Å². The van der Waals surface area contributed by atoms with Crippen LogP contribution < -0.4 is 10.6 Å². The Balaban J connectivity index is 2.31. The molecule has 2 atom stereocenters. The third kappa shape index (κ3) is 5.36. The number of aliphatic hydroxyl groups excluding tert-OH is 1. The van der Waals surface area contributed by atoms with Gasteiger partial charge in [0, 0.05) is 25.1 Å². The number of nitrogens with one attached hydrogen (secondary N) is 2. The van der Waals surface area contributed by atoms with Gasteiger partial charge in [-0.25, -0.2) is 0 Å². The van der Waals surface area contributed by atoms with Crippen LogP contribution >= 0.6 is 0 Å². The van der Waals surface area contributed by atoms with Gasteiger partial charge in [0.15, 0.2) is 0 Å². The van der Waals surface area contributed by atoms with E-state index in [2.05, 4.69) is 31.4 Å². The van der Waals surface area contributed by atoms with Crippen molar-refractivity contribution in [2.75, 3.05) is 19.7 Å². The first-order valence-electron chi connectivity index (χ1n) is 7.06. The Labute approximate surface area is 111 Å². The molecule has 0 spiro atoms. The molecule has 0 aromatic heterocycles. The van der Waals surface area contributed by atoms with Crippen LogP contribution in [-0.2, 0) is 4.79 Å². The van der Waals surface area contributed by atoms with Crippen molar-refractivity contribution in [2.24, 2.45) is 11.3 Å². The second kappa shape index (κ2) is 7.10. The quantitative estimate of drug-likeness (QED) is 0.671. The van der Waals surface area contributed by atoms with Crippen molar-refractivity contribution in [1.29, 1.82) is 0 Å². The summed E-state index contributed by atoms with van der Waals surface area (Å²) in [5.41, 5.74) is 0.0664. The second-order valence-electron chi connectivity index (χ2n) is 6.29. The smallest absolute Gasteiger partial charge is 0.223 e. The predicted molar refractivity (Wildman–Crippen MR) is 73.3 cm³/mol. The first-order chi connectivity index (χ1) is 8.44. The fourth-order valence-electron chi connectivity index (χ4n) is 2.49. The van der Waals surface area contributed by atoms with E-state index in [0.717, 1.165) is 32.2 Å². The van der Waals surface area contributed by atoms with Crippen molar-refractivity contribution in [1.82, 2.24) is 10.6 Å². The van der Waals surface area contributed by atoms with Crippen LogP contribution in [0.4, 0.5) is 0 Å². The lowest BCUT2D eigenvalue weighted by Crippen LogP contribution is -2.44. The van der Waals surface area contributed by atoms with Crippen molar-refractivity contribution in [2.45, 2.75) is 52.5 Å². The molecule has 0 unspecified atom stereocenters. The van der Waals surface area contributed by atoms with E-state index in [9.17, 15) is 4.79 Å². The van der Waals surface area contributed by atoms with E-state index in [4.69, 9.17) is 5.11 Å². The van der Waals surface area contributed by atoms with Crippen LogP contribution in [0.5, 0.6) is 0 Å². The summed E-state index contributed by atoms with van der Waals surface area (Å²) in [6, 6.07) is 0.442. The molecule has 4 heteroatoms. The molecule has 1 heterocycles. The van der Waals surface area contributed by atoms with Gasteiger partial charge in [-0.3, -0.25) is 4.79 Å². The standard InChI is InChI=1S/C14H28N2O2/c1-11-9-12(5-7-15-11)13(18)16-10-14(2,3)6-4-8-17/h11-12,15,17H,4-10H2,1-3H3,(H,16,18)/t11-,12-/m0/s1. The highest BCUT2D eigenvalue weighted by Gasteiger charge is 2.26. The van der Waals surface area contributed by atoms with E-state index in [-0.39, 0.29) is 23.8 Å².